The van der Waals surface area contributed by atoms with Crippen LogP contribution in [0.1, 0.15) is 19.8 Å². The van der Waals surface area contributed by atoms with E-state index in [1.807, 2.05) is 0 Å². The zero-order valence-corrected chi connectivity index (χ0v) is 14.5. The van der Waals surface area contributed by atoms with E-state index in [0.717, 1.165) is 0 Å². The zero-order chi connectivity index (χ0) is 14.9. The number of carbonyl (C=O) groups excluding carboxylic acids is 2. The van der Waals surface area contributed by atoms with Crippen LogP contribution in [0.25, 0.3) is 0 Å². The number of rotatable bonds is 5. The van der Waals surface area contributed by atoms with Crippen LogP contribution in [0.2, 0.25) is 0 Å². The van der Waals surface area contributed by atoms with Gasteiger partial charge in [0, 0.05) is 36.1 Å². The molecule has 2 rings (SSSR count). The Morgan fingerprint density at radius 1 is 1.48 bits per heavy atom. The first-order chi connectivity index (χ1) is 9.33. The fourth-order valence-corrected chi connectivity index (χ4v) is 2.70. The van der Waals surface area contributed by atoms with Crippen LogP contribution in [-0.4, -0.2) is 89.7 Å². The van der Waals surface area contributed by atoms with Gasteiger partial charge in [-0.25, -0.2) is 10.3 Å². The number of urea groups is 1. The number of amides is 3. The van der Waals surface area contributed by atoms with E-state index in [9.17, 15) is 18.0 Å². The second-order valence-electron chi connectivity index (χ2n) is 4.41. The maximum Gasteiger partial charge on any atom is 0.418 e. The molecular weight excluding hydrogens is 317 g/mol. The molecule has 115 valence electrons. The number of nitrogens with zero attached hydrogens (tertiary/aromatic N) is 2. The minimum absolute atomic E-state index is 0. The molecule has 0 aromatic heterocycles. The van der Waals surface area contributed by atoms with E-state index in [4.69, 9.17) is 9.39 Å². The number of nitrogens with one attached hydrogen (secondary N) is 1. The molecule has 2 heterocycles. The largest absolute Gasteiger partial charge is 0.418 e. The van der Waals surface area contributed by atoms with Gasteiger partial charge in [0.25, 0.3) is 5.91 Å². The summed E-state index contributed by atoms with van der Waals surface area (Å²) in [6.45, 7) is 2.13. The SMILES string of the molecule is CCONC(=O)[C@@H]1CC[C@@H]2CN1C(=O)N2OS(=O)(=O)O.[Na]. The number of carbonyl (C=O) groups is 2. The first-order valence-corrected chi connectivity index (χ1v) is 7.38. The van der Waals surface area contributed by atoms with Crippen LogP contribution in [0, 0.1) is 0 Å². The van der Waals surface area contributed by atoms with Gasteiger partial charge in [-0.05, 0) is 19.8 Å². The van der Waals surface area contributed by atoms with Crippen molar-refractivity contribution in [2.75, 3.05) is 13.2 Å². The van der Waals surface area contributed by atoms with Crippen LogP contribution >= 0.6 is 0 Å². The average molecular weight is 332 g/mol. The molecule has 2 bridgehead atoms. The summed E-state index contributed by atoms with van der Waals surface area (Å²) in [5.41, 5.74) is 2.21. The summed E-state index contributed by atoms with van der Waals surface area (Å²) < 4.78 is 34.3. The van der Waals surface area contributed by atoms with Crippen molar-refractivity contribution in [2.24, 2.45) is 0 Å². The van der Waals surface area contributed by atoms with E-state index in [2.05, 4.69) is 9.76 Å². The summed E-state index contributed by atoms with van der Waals surface area (Å²) in [5.74, 6) is -0.479. The molecule has 0 aromatic rings. The van der Waals surface area contributed by atoms with Crippen molar-refractivity contribution in [1.82, 2.24) is 15.4 Å². The molecule has 2 N–H and O–H groups in total. The van der Waals surface area contributed by atoms with Crippen molar-refractivity contribution < 1.29 is 31.7 Å². The molecule has 2 aliphatic heterocycles. The third-order valence-corrected chi connectivity index (χ3v) is 3.47. The second-order valence-corrected chi connectivity index (χ2v) is 5.41. The fourth-order valence-electron chi connectivity index (χ4n) is 2.32. The van der Waals surface area contributed by atoms with Gasteiger partial charge in [-0.2, -0.15) is 13.5 Å². The Balaban J connectivity index is 0.00000220. The van der Waals surface area contributed by atoms with Crippen molar-refractivity contribution in [3.63, 3.8) is 0 Å². The summed E-state index contributed by atoms with van der Waals surface area (Å²) in [4.78, 5) is 29.8. The normalized spacial score (nSPS) is 24.8. The van der Waals surface area contributed by atoms with Gasteiger partial charge in [-0.15, -0.1) is 4.28 Å². The average Bonchev–Trinajstić information content (AvgIpc) is 2.60. The molecule has 21 heavy (non-hydrogen) atoms. The van der Waals surface area contributed by atoms with Crippen molar-refractivity contribution in [1.29, 1.82) is 0 Å². The quantitative estimate of drug-likeness (QED) is 0.363. The van der Waals surface area contributed by atoms with Gasteiger partial charge >= 0.3 is 16.4 Å². The molecule has 0 saturated carbocycles. The van der Waals surface area contributed by atoms with Gasteiger partial charge in [0.1, 0.15) is 6.04 Å². The minimum Gasteiger partial charge on any atom is -0.309 e. The van der Waals surface area contributed by atoms with Gasteiger partial charge in [-0.1, -0.05) is 0 Å². The Hall–Kier alpha value is -0.430. The summed E-state index contributed by atoms with van der Waals surface area (Å²) >= 11 is 0. The van der Waals surface area contributed by atoms with E-state index in [-0.39, 0.29) is 42.7 Å². The molecule has 2 aliphatic rings. The van der Waals surface area contributed by atoms with Crippen LogP contribution in [-0.2, 0) is 24.3 Å². The van der Waals surface area contributed by atoms with E-state index < -0.39 is 34.4 Å². The summed E-state index contributed by atoms with van der Waals surface area (Å²) in [6, 6.07) is -2.04. The van der Waals surface area contributed by atoms with Gasteiger partial charge in [-0.3, -0.25) is 14.2 Å². The molecule has 12 heteroatoms. The van der Waals surface area contributed by atoms with Gasteiger partial charge in [0.15, 0.2) is 0 Å². The van der Waals surface area contributed by atoms with E-state index in [1.54, 1.807) is 6.92 Å². The molecule has 10 nitrogen and oxygen atoms in total. The molecule has 0 aliphatic carbocycles. The van der Waals surface area contributed by atoms with Crippen LogP contribution in [0.5, 0.6) is 0 Å². The monoisotopic (exact) mass is 332 g/mol. The summed E-state index contributed by atoms with van der Waals surface area (Å²) in [6.07, 6.45) is 0.725. The third kappa shape index (κ3) is 4.28. The molecule has 0 aromatic carbocycles. The molecule has 0 unspecified atom stereocenters. The first kappa shape index (κ1) is 18.6. The summed E-state index contributed by atoms with van der Waals surface area (Å²) in [7, 11) is -4.78. The predicted molar refractivity (Wildman–Crippen MR) is 68.9 cm³/mol. The Kier molecular flexibility index (Phi) is 6.40. The zero-order valence-electron chi connectivity index (χ0n) is 11.7. The fraction of sp³-hybridized carbons (Fsp3) is 0.778. The van der Waals surface area contributed by atoms with Gasteiger partial charge in [0.05, 0.1) is 12.6 Å². The standard InChI is InChI=1S/C9H15N3O7S.Na/c1-2-18-10-8(13)7-4-3-6-5-11(7)9(14)12(6)19-20(15,16)17;/h6-7H,2-5H2,1H3,(H,10,13)(H,15,16,17);/t6-,7+;/m1./s1. The van der Waals surface area contributed by atoms with Crippen LogP contribution in [0.3, 0.4) is 0 Å². The molecule has 2 fully saturated rings. The minimum atomic E-state index is -4.78. The van der Waals surface area contributed by atoms with Crippen molar-refractivity contribution in [3.05, 3.63) is 0 Å². The maximum absolute atomic E-state index is 12.0. The number of piperidine rings is 1. The predicted octanol–water partition coefficient (Wildman–Crippen LogP) is -1.32. The molecule has 3 amide bonds. The Labute approximate surface area is 143 Å². The molecule has 1 radical (unpaired) electrons. The van der Waals surface area contributed by atoms with Crippen LogP contribution < -0.4 is 5.48 Å². The molecular formula is C9H15N3NaO7S. The smallest absolute Gasteiger partial charge is 0.309 e. The number of hydrogen-bond acceptors (Lipinski definition) is 6. The van der Waals surface area contributed by atoms with Crippen molar-refractivity contribution >= 4 is 51.9 Å². The topological polar surface area (TPSA) is 125 Å². The molecule has 2 saturated heterocycles. The van der Waals surface area contributed by atoms with Crippen LogP contribution in [0.4, 0.5) is 4.79 Å². The van der Waals surface area contributed by atoms with E-state index >= 15 is 0 Å². The number of hydrogen-bond donors (Lipinski definition) is 2. The van der Waals surface area contributed by atoms with Crippen molar-refractivity contribution in [2.45, 2.75) is 31.8 Å². The van der Waals surface area contributed by atoms with E-state index in [1.165, 1.54) is 4.90 Å². The Morgan fingerprint density at radius 3 is 2.71 bits per heavy atom. The number of hydroxylamine groups is 3. The van der Waals surface area contributed by atoms with Gasteiger partial charge in [0.2, 0.25) is 0 Å². The molecule has 2 atom stereocenters. The summed E-state index contributed by atoms with van der Waals surface area (Å²) in [5, 5.41) is 0.587. The second kappa shape index (κ2) is 7.22. The van der Waals surface area contributed by atoms with Gasteiger partial charge < -0.3 is 4.90 Å². The Bertz CT molecular complexity index is 513. The third-order valence-electron chi connectivity index (χ3n) is 3.12. The van der Waals surface area contributed by atoms with E-state index in [0.29, 0.717) is 17.9 Å². The van der Waals surface area contributed by atoms with Crippen LogP contribution in [0.15, 0.2) is 0 Å². The Morgan fingerprint density at radius 2 is 2.14 bits per heavy atom. The number of fused-ring (bicyclic) bond motifs is 2. The maximum atomic E-state index is 12.0. The van der Waals surface area contributed by atoms with Crippen molar-refractivity contribution in [3.8, 4) is 0 Å². The molecule has 0 spiro atoms. The first-order valence-electron chi connectivity index (χ1n) is 6.02.